The summed E-state index contributed by atoms with van der Waals surface area (Å²) in [6.45, 7) is 3.50. The van der Waals surface area contributed by atoms with Gasteiger partial charge in [-0.1, -0.05) is 12.1 Å². The summed E-state index contributed by atoms with van der Waals surface area (Å²) in [5.74, 6) is 0.930. The maximum atomic E-state index is 5.50. The third-order valence-electron chi connectivity index (χ3n) is 2.80. The van der Waals surface area contributed by atoms with Crippen LogP contribution in [0, 0.1) is 0 Å². The first-order chi connectivity index (χ1) is 9.31. The third-order valence-corrected chi connectivity index (χ3v) is 3.54. The average Bonchev–Trinajstić information content (AvgIpc) is 2.46. The monoisotopic (exact) mass is 273 g/mol. The molecule has 0 radical (unpaired) electrons. The minimum atomic E-state index is 0.701. The minimum Gasteiger partial charge on any atom is -0.494 e. The molecule has 3 heteroatoms. The lowest BCUT2D eigenvalue weighted by molar-refractivity contribution is 0.340. The number of rotatable bonds is 6. The summed E-state index contributed by atoms with van der Waals surface area (Å²) in [5.41, 5.74) is 2.36. The van der Waals surface area contributed by atoms with Gasteiger partial charge in [-0.05, 0) is 55.1 Å². The number of thioether (sulfide) groups is 1. The molecule has 0 atom stereocenters. The van der Waals surface area contributed by atoms with E-state index in [0.29, 0.717) is 6.61 Å². The Morgan fingerprint density at radius 1 is 1.11 bits per heavy atom. The predicted molar refractivity (Wildman–Crippen MR) is 83.2 cm³/mol. The molecule has 0 unspecified atom stereocenters. The Morgan fingerprint density at radius 2 is 1.89 bits per heavy atom. The van der Waals surface area contributed by atoms with E-state index in [1.165, 1.54) is 10.5 Å². The molecule has 0 saturated carbocycles. The summed E-state index contributed by atoms with van der Waals surface area (Å²) in [7, 11) is 0. The quantitative estimate of drug-likeness (QED) is 0.787. The van der Waals surface area contributed by atoms with Crippen molar-refractivity contribution in [2.75, 3.05) is 18.2 Å². The van der Waals surface area contributed by atoms with Crippen LogP contribution in [0.15, 0.2) is 53.4 Å². The van der Waals surface area contributed by atoms with Crippen molar-refractivity contribution in [3.8, 4) is 5.75 Å². The Balaban J connectivity index is 1.95. The first kappa shape index (κ1) is 13.8. The SMILES string of the molecule is CCOc1cccc(CNc2ccc(SC)cc2)c1. The molecule has 0 saturated heterocycles. The fourth-order valence-electron chi connectivity index (χ4n) is 1.82. The van der Waals surface area contributed by atoms with Crippen LogP contribution in [-0.2, 0) is 6.54 Å². The van der Waals surface area contributed by atoms with Crippen LogP contribution in [0.4, 0.5) is 5.69 Å². The molecule has 1 N–H and O–H groups in total. The van der Waals surface area contributed by atoms with Crippen LogP contribution in [-0.4, -0.2) is 12.9 Å². The highest BCUT2D eigenvalue weighted by atomic mass is 32.2. The van der Waals surface area contributed by atoms with Crippen LogP contribution in [0.3, 0.4) is 0 Å². The zero-order valence-electron chi connectivity index (χ0n) is 11.3. The van der Waals surface area contributed by atoms with Gasteiger partial charge >= 0.3 is 0 Å². The largest absolute Gasteiger partial charge is 0.494 e. The van der Waals surface area contributed by atoms with Gasteiger partial charge in [0.2, 0.25) is 0 Å². The molecule has 0 spiro atoms. The molecule has 0 aliphatic heterocycles. The van der Waals surface area contributed by atoms with E-state index >= 15 is 0 Å². The summed E-state index contributed by atoms with van der Waals surface area (Å²) in [5, 5.41) is 3.42. The van der Waals surface area contributed by atoms with Crippen molar-refractivity contribution in [3.63, 3.8) is 0 Å². The van der Waals surface area contributed by atoms with E-state index in [9.17, 15) is 0 Å². The van der Waals surface area contributed by atoms with Crippen molar-refractivity contribution in [2.24, 2.45) is 0 Å². The molecule has 19 heavy (non-hydrogen) atoms. The maximum Gasteiger partial charge on any atom is 0.119 e. The third kappa shape index (κ3) is 4.21. The molecule has 100 valence electrons. The number of nitrogens with one attached hydrogen (secondary N) is 1. The van der Waals surface area contributed by atoms with Gasteiger partial charge in [0, 0.05) is 17.1 Å². The normalized spacial score (nSPS) is 10.2. The van der Waals surface area contributed by atoms with E-state index in [0.717, 1.165) is 18.0 Å². The van der Waals surface area contributed by atoms with Crippen molar-refractivity contribution in [3.05, 3.63) is 54.1 Å². The van der Waals surface area contributed by atoms with Gasteiger partial charge in [0.25, 0.3) is 0 Å². The fraction of sp³-hybridized carbons (Fsp3) is 0.250. The minimum absolute atomic E-state index is 0.701. The van der Waals surface area contributed by atoms with Crippen molar-refractivity contribution in [2.45, 2.75) is 18.4 Å². The zero-order chi connectivity index (χ0) is 13.5. The first-order valence-corrected chi connectivity index (χ1v) is 7.64. The second-order valence-electron chi connectivity index (χ2n) is 4.16. The van der Waals surface area contributed by atoms with Crippen LogP contribution in [0.1, 0.15) is 12.5 Å². The van der Waals surface area contributed by atoms with Gasteiger partial charge in [0.1, 0.15) is 5.75 Å². The lowest BCUT2D eigenvalue weighted by Gasteiger charge is -2.09. The molecule has 0 fully saturated rings. The molecular formula is C16H19NOS. The van der Waals surface area contributed by atoms with Gasteiger partial charge in [-0.25, -0.2) is 0 Å². The van der Waals surface area contributed by atoms with Crippen molar-refractivity contribution in [1.29, 1.82) is 0 Å². The molecular weight excluding hydrogens is 254 g/mol. The highest BCUT2D eigenvalue weighted by molar-refractivity contribution is 7.98. The number of hydrogen-bond acceptors (Lipinski definition) is 3. The summed E-state index contributed by atoms with van der Waals surface area (Å²) >= 11 is 1.76. The highest BCUT2D eigenvalue weighted by Gasteiger charge is 1.97. The summed E-state index contributed by atoms with van der Waals surface area (Å²) in [6.07, 6.45) is 2.08. The Hall–Kier alpha value is -1.61. The predicted octanol–water partition coefficient (Wildman–Crippen LogP) is 4.42. The second kappa shape index (κ2) is 7.10. The Bertz CT molecular complexity index is 510. The van der Waals surface area contributed by atoms with Crippen molar-refractivity contribution < 1.29 is 4.74 Å². The van der Waals surface area contributed by atoms with Crippen LogP contribution in [0.2, 0.25) is 0 Å². The van der Waals surface area contributed by atoms with E-state index in [4.69, 9.17) is 4.74 Å². The summed E-state index contributed by atoms with van der Waals surface area (Å²) in [6, 6.07) is 16.7. The number of ether oxygens (including phenoxy) is 1. The molecule has 0 bridgehead atoms. The molecule has 0 amide bonds. The van der Waals surface area contributed by atoms with Gasteiger partial charge < -0.3 is 10.1 Å². The van der Waals surface area contributed by atoms with Crippen LogP contribution < -0.4 is 10.1 Å². The van der Waals surface area contributed by atoms with Crippen molar-refractivity contribution in [1.82, 2.24) is 0 Å². The van der Waals surface area contributed by atoms with Crippen LogP contribution >= 0.6 is 11.8 Å². The van der Waals surface area contributed by atoms with Crippen LogP contribution in [0.5, 0.6) is 5.75 Å². The van der Waals surface area contributed by atoms with E-state index in [1.807, 2.05) is 19.1 Å². The smallest absolute Gasteiger partial charge is 0.119 e. The number of anilines is 1. The maximum absolute atomic E-state index is 5.50. The fourth-order valence-corrected chi connectivity index (χ4v) is 2.23. The van der Waals surface area contributed by atoms with Gasteiger partial charge in [0.05, 0.1) is 6.61 Å². The van der Waals surface area contributed by atoms with E-state index in [-0.39, 0.29) is 0 Å². The summed E-state index contributed by atoms with van der Waals surface area (Å²) in [4.78, 5) is 1.28. The van der Waals surface area contributed by atoms with Gasteiger partial charge in [-0.3, -0.25) is 0 Å². The van der Waals surface area contributed by atoms with Gasteiger partial charge in [-0.2, -0.15) is 0 Å². The van der Waals surface area contributed by atoms with Gasteiger partial charge in [-0.15, -0.1) is 11.8 Å². The zero-order valence-corrected chi connectivity index (χ0v) is 12.2. The topological polar surface area (TPSA) is 21.3 Å². The number of hydrogen-bond donors (Lipinski definition) is 1. The molecule has 2 rings (SSSR count). The molecule has 0 aliphatic rings. The van der Waals surface area contributed by atoms with Gasteiger partial charge in [0.15, 0.2) is 0 Å². The first-order valence-electron chi connectivity index (χ1n) is 6.41. The molecule has 0 aliphatic carbocycles. The van der Waals surface area contributed by atoms with Crippen molar-refractivity contribution >= 4 is 17.4 Å². The average molecular weight is 273 g/mol. The Morgan fingerprint density at radius 3 is 2.58 bits per heavy atom. The molecule has 2 nitrogen and oxygen atoms in total. The summed E-state index contributed by atoms with van der Waals surface area (Å²) < 4.78 is 5.50. The lowest BCUT2D eigenvalue weighted by atomic mass is 10.2. The van der Waals surface area contributed by atoms with E-state index < -0.39 is 0 Å². The number of benzene rings is 2. The molecule has 0 heterocycles. The van der Waals surface area contributed by atoms with E-state index in [2.05, 4.69) is 48.0 Å². The van der Waals surface area contributed by atoms with Crippen LogP contribution in [0.25, 0.3) is 0 Å². The Labute approximate surface area is 119 Å². The highest BCUT2D eigenvalue weighted by Crippen LogP contribution is 2.19. The molecule has 0 aromatic heterocycles. The lowest BCUT2D eigenvalue weighted by Crippen LogP contribution is -2.00. The molecule has 2 aromatic carbocycles. The Kier molecular flexibility index (Phi) is 5.16. The molecule has 2 aromatic rings. The second-order valence-corrected chi connectivity index (χ2v) is 5.04. The van der Waals surface area contributed by atoms with E-state index in [1.54, 1.807) is 11.8 Å². The standard InChI is InChI=1S/C16H19NOS/c1-3-18-15-6-4-5-13(11-15)12-17-14-7-9-16(19-2)10-8-14/h4-11,17H,3,12H2,1-2H3.